The van der Waals surface area contributed by atoms with E-state index in [9.17, 15) is 9.59 Å². The first-order chi connectivity index (χ1) is 15.2. The first kappa shape index (κ1) is 22.1. The molecule has 2 aromatic carbocycles. The summed E-state index contributed by atoms with van der Waals surface area (Å²) in [5.74, 6) is 0.489. The second-order valence-corrected chi connectivity index (χ2v) is 9.57. The number of nitrogens with one attached hydrogen (secondary N) is 1. The Morgan fingerprint density at radius 1 is 1.09 bits per heavy atom. The molecule has 0 unspecified atom stereocenters. The molecule has 0 radical (unpaired) electrons. The van der Waals surface area contributed by atoms with Gasteiger partial charge in [-0.1, -0.05) is 56.3 Å². The van der Waals surface area contributed by atoms with E-state index in [1.807, 2.05) is 12.1 Å². The summed E-state index contributed by atoms with van der Waals surface area (Å²) < 4.78 is 6.91. The molecule has 9 heteroatoms. The van der Waals surface area contributed by atoms with Crippen molar-refractivity contribution in [2.45, 2.75) is 31.3 Å². The Kier molecular flexibility index (Phi) is 6.08. The lowest BCUT2D eigenvalue weighted by Crippen LogP contribution is -2.13. The SMILES string of the molecule is CC(C)(C)c1ccc(OC(=O)CSc2nc(-c3ccc(Cl)cc3)nc3cc(=O)[nH]n23)cc1. The van der Waals surface area contributed by atoms with E-state index in [2.05, 4.69) is 35.8 Å². The van der Waals surface area contributed by atoms with Crippen LogP contribution in [0.2, 0.25) is 5.02 Å². The molecule has 164 valence electrons. The highest BCUT2D eigenvalue weighted by atomic mass is 35.5. The fraction of sp³-hybridized carbons (Fsp3) is 0.217. The third-order valence-electron chi connectivity index (χ3n) is 4.70. The molecule has 0 amide bonds. The van der Waals surface area contributed by atoms with Gasteiger partial charge in [0.2, 0.25) is 0 Å². The summed E-state index contributed by atoms with van der Waals surface area (Å²) in [5, 5.41) is 3.67. The molecule has 0 bridgehead atoms. The molecule has 0 atom stereocenters. The van der Waals surface area contributed by atoms with Crippen LogP contribution >= 0.6 is 23.4 Å². The Morgan fingerprint density at radius 3 is 2.44 bits per heavy atom. The first-order valence-electron chi connectivity index (χ1n) is 9.89. The molecule has 0 fully saturated rings. The number of aromatic nitrogens is 4. The Balaban J connectivity index is 1.52. The van der Waals surface area contributed by atoms with E-state index >= 15 is 0 Å². The number of hydrogen-bond acceptors (Lipinski definition) is 6. The van der Waals surface area contributed by atoms with Gasteiger partial charge in [-0.15, -0.1) is 0 Å². The average Bonchev–Trinajstić information content (AvgIpc) is 3.12. The number of benzene rings is 2. The van der Waals surface area contributed by atoms with Crippen molar-refractivity contribution in [1.29, 1.82) is 0 Å². The monoisotopic (exact) mass is 468 g/mol. The Bertz CT molecular complexity index is 1320. The number of H-pyrrole nitrogens is 1. The summed E-state index contributed by atoms with van der Waals surface area (Å²) in [6, 6.07) is 15.9. The quantitative estimate of drug-likeness (QED) is 0.258. The highest BCUT2D eigenvalue weighted by Gasteiger charge is 2.16. The van der Waals surface area contributed by atoms with Gasteiger partial charge in [-0.25, -0.2) is 14.5 Å². The summed E-state index contributed by atoms with van der Waals surface area (Å²) in [5.41, 5.74) is 2.02. The summed E-state index contributed by atoms with van der Waals surface area (Å²) in [6.45, 7) is 6.37. The highest BCUT2D eigenvalue weighted by Crippen LogP contribution is 2.25. The fourth-order valence-corrected chi connectivity index (χ4v) is 3.87. The van der Waals surface area contributed by atoms with Crippen LogP contribution in [-0.2, 0) is 10.2 Å². The van der Waals surface area contributed by atoms with Gasteiger partial charge in [0.15, 0.2) is 16.6 Å². The summed E-state index contributed by atoms with van der Waals surface area (Å²) in [6.07, 6.45) is 0. The molecule has 2 heterocycles. The van der Waals surface area contributed by atoms with E-state index in [4.69, 9.17) is 16.3 Å². The third-order valence-corrected chi connectivity index (χ3v) is 5.86. The van der Waals surface area contributed by atoms with Gasteiger partial charge in [0.25, 0.3) is 5.56 Å². The number of nitrogens with zero attached hydrogens (tertiary/aromatic N) is 3. The lowest BCUT2D eigenvalue weighted by Gasteiger charge is -2.18. The van der Waals surface area contributed by atoms with Gasteiger partial charge < -0.3 is 4.74 Å². The minimum Gasteiger partial charge on any atom is -0.426 e. The van der Waals surface area contributed by atoms with Crippen LogP contribution < -0.4 is 10.3 Å². The molecule has 0 aliphatic carbocycles. The van der Waals surface area contributed by atoms with Crippen molar-refractivity contribution < 1.29 is 9.53 Å². The Morgan fingerprint density at radius 2 is 1.78 bits per heavy atom. The predicted molar refractivity (Wildman–Crippen MR) is 126 cm³/mol. The molecule has 0 aliphatic rings. The zero-order valence-electron chi connectivity index (χ0n) is 17.8. The summed E-state index contributed by atoms with van der Waals surface area (Å²) in [7, 11) is 0. The van der Waals surface area contributed by atoms with Crippen molar-refractivity contribution in [3.8, 4) is 17.1 Å². The second-order valence-electron chi connectivity index (χ2n) is 8.19. The van der Waals surface area contributed by atoms with Gasteiger partial charge in [0, 0.05) is 16.7 Å². The van der Waals surface area contributed by atoms with Gasteiger partial charge in [0.05, 0.1) is 5.75 Å². The molecule has 0 spiro atoms. The van der Waals surface area contributed by atoms with Crippen molar-refractivity contribution in [1.82, 2.24) is 19.6 Å². The number of halogens is 1. The van der Waals surface area contributed by atoms with Crippen molar-refractivity contribution in [2.24, 2.45) is 0 Å². The molecular weight excluding hydrogens is 448 g/mol. The van der Waals surface area contributed by atoms with E-state index in [1.165, 1.54) is 10.6 Å². The molecule has 32 heavy (non-hydrogen) atoms. The van der Waals surface area contributed by atoms with Crippen LogP contribution in [-0.4, -0.2) is 31.3 Å². The second kappa shape index (κ2) is 8.80. The number of ether oxygens (including phenoxy) is 1. The van der Waals surface area contributed by atoms with E-state index in [0.29, 0.717) is 27.4 Å². The third kappa shape index (κ3) is 5.03. The molecule has 0 saturated heterocycles. The van der Waals surface area contributed by atoms with Gasteiger partial charge in [0.1, 0.15) is 5.75 Å². The molecule has 4 rings (SSSR count). The normalized spacial score (nSPS) is 11.6. The van der Waals surface area contributed by atoms with E-state index in [-0.39, 0.29) is 16.7 Å². The van der Waals surface area contributed by atoms with E-state index in [0.717, 1.165) is 22.9 Å². The smallest absolute Gasteiger partial charge is 0.321 e. The molecule has 7 nitrogen and oxygen atoms in total. The van der Waals surface area contributed by atoms with Crippen molar-refractivity contribution in [2.75, 3.05) is 5.75 Å². The van der Waals surface area contributed by atoms with Crippen LogP contribution in [0.4, 0.5) is 0 Å². The minimum absolute atomic E-state index is 0.00735. The topological polar surface area (TPSA) is 89.3 Å². The number of fused-ring (bicyclic) bond motifs is 1. The van der Waals surface area contributed by atoms with Crippen LogP contribution in [0.15, 0.2) is 64.5 Å². The Hall–Kier alpha value is -3.10. The molecule has 0 saturated carbocycles. The predicted octanol–water partition coefficient (Wildman–Crippen LogP) is 4.73. The van der Waals surface area contributed by atoms with Crippen LogP contribution in [0.1, 0.15) is 26.3 Å². The largest absolute Gasteiger partial charge is 0.426 e. The number of hydrogen-bond donors (Lipinski definition) is 1. The van der Waals surface area contributed by atoms with Gasteiger partial charge >= 0.3 is 5.97 Å². The van der Waals surface area contributed by atoms with Crippen LogP contribution in [0.3, 0.4) is 0 Å². The average molecular weight is 469 g/mol. The molecule has 4 aromatic rings. The maximum atomic E-state index is 12.4. The van der Waals surface area contributed by atoms with Crippen LogP contribution in [0.25, 0.3) is 17.0 Å². The van der Waals surface area contributed by atoms with Crippen molar-refractivity contribution in [3.63, 3.8) is 0 Å². The molecular formula is C23H21ClN4O3S. The fourth-order valence-electron chi connectivity index (χ4n) is 3.02. The van der Waals surface area contributed by atoms with Crippen LogP contribution in [0, 0.1) is 0 Å². The molecule has 1 N–H and O–H groups in total. The number of carbonyl (C=O) groups is 1. The number of esters is 1. The first-order valence-corrected chi connectivity index (χ1v) is 11.3. The zero-order valence-corrected chi connectivity index (χ0v) is 19.3. The molecule has 0 aliphatic heterocycles. The van der Waals surface area contributed by atoms with Gasteiger partial charge in [-0.3, -0.25) is 14.7 Å². The standard InChI is InChI=1S/C23H21ClN4O3S/c1-23(2,3)15-6-10-17(11-7-15)31-20(30)13-32-22-26-21(14-4-8-16(24)9-5-14)25-18-12-19(29)27-28(18)22/h4-12H,13H2,1-3H3,(H,27,29). The Labute approximate surface area is 193 Å². The van der Waals surface area contributed by atoms with E-state index in [1.54, 1.807) is 36.4 Å². The number of thioether (sulfide) groups is 1. The highest BCUT2D eigenvalue weighted by molar-refractivity contribution is 7.99. The lowest BCUT2D eigenvalue weighted by molar-refractivity contribution is -0.131. The van der Waals surface area contributed by atoms with Crippen LogP contribution in [0.5, 0.6) is 5.75 Å². The minimum atomic E-state index is -0.423. The summed E-state index contributed by atoms with van der Waals surface area (Å²) in [4.78, 5) is 33.2. The zero-order chi connectivity index (χ0) is 22.9. The number of carbonyl (C=O) groups excluding carboxylic acids is 1. The van der Waals surface area contributed by atoms with Crippen molar-refractivity contribution in [3.05, 3.63) is 75.5 Å². The molecule has 2 aromatic heterocycles. The van der Waals surface area contributed by atoms with E-state index < -0.39 is 5.97 Å². The summed E-state index contributed by atoms with van der Waals surface area (Å²) >= 11 is 7.11. The van der Waals surface area contributed by atoms with Crippen molar-refractivity contribution >= 4 is 35.0 Å². The number of rotatable bonds is 5. The van der Waals surface area contributed by atoms with Gasteiger partial charge in [-0.05, 0) is 47.4 Å². The lowest BCUT2D eigenvalue weighted by atomic mass is 9.87. The van der Waals surface area contributed by atoms with Gasteiger partial charge in [-0.2, -0.15) is 0 Å². The maximum absolute atomic E-state index is 12.4. The maximum Gasteiger partial charge on any atom is 0.321 e. The number of aromatic amines is 1.